The minimum atomic E-state index is -3.86. The maximum atomic E-state index is 13.3. The highest BCUT2D eigenvalue weighted by molar-refractivity contribution is 7.91. The number of anilines is 1. The number of carbonyl (C=O) groups excluding carboxylic acids is 1. The van der Waals surface area contributed by atoms with Crippen molar-refractivity contribution in [3.63, 3.8) is 0 Å². The van der Waals surface area contributed by atoms with Gasteiger partial charge in [-0.05, 0) is 49.4 Å². The standard InChI is InChI=1S/C23H26N2O5S2/c1-3-29-18-12-13-21(30-4-2)19(16-18)24-23(26)20(15-17-9-6-5-7-10-17)25-32(27,28)22-11-8-14-31-22/h5-14,16,20,25H,3-4,15H2,1-2H3,(H,24,26)/t20-/m1/s1. The summed E-state index contributed by atoms with van der Waals surface area (Å²) in [6.07, 6.45) is 0.187. The highest BCUT2D eigenvalue weighted by Crippen LogP contribution is 2.30. The molecule has 170 valence electrons. The van der Waals surface area contributed by atoms with E-state index in [1.807, 2.05) is 44.2 Å². The molecule has 0 bridgehead atoms. The van der Waals surface area contributed by atoms with E-state index >= 15 is 0 Å². The molecule has 1 heterocycles. The number of hydrogen-bond acceptors (Lipinski definition) is 6. The summed E-state index contributed by atoms with van der Waals surface area (Å²) in [5.41, 5.74) is 1.24. The van der Waals surface area contributed by atoms with Crippen LogP contribution in [0, 0.1) is 0 Å². The van der Waals surface area contributed by atoms with Crippen LogP contribution < -0.4 is 19.5 Å². The van der Waals surface area contributed by atoms with E-state index in [2.05, 4.69) is 10.0 Å². The molecule has 0 aliphatic carbocycles. The third kappa shape index (κ3) is 6.32. The first-order valence-corrected chi connectivity index (χ1v) is 12.6. The van der Waals surface area contributed by atoms with Crippen molar-refractivity contribution in [1.29, 1.82) is 0 Å². The lowest BCUT2D eigenvalue weighted by molar-refractivity contribution is -0.117. The van der Waals surface area contributed by atoms with Crippen molar-refractivity contribution in [3.05, 3.63) is 71.6 Å². The second kappa shape index (κ2) is 11.1. The van der Waals surface area contributed by atoms with E-state index in [9.17, 15) is 13.2 Å². The maximum absolute atomic E-state index is 13.3. The van der Waals surface area contributed by atoms with Crippen LogP contribution in [0.3, 0.4) is 0 Å². The van der Waals surface area contributed by atoms with Crippen LogP contribution in [0.2, 0.25) is 0 Å². The summed E-state index contributed by atoms with van der Waals surface area (Å²) in [4.78, 5) is 13.3. The zero-order valence-electron chi connectivity index (χ0n) is 17.9. The predicted molar refractivity (Wildman–Crippen MR) is 126 cm³/mol. The number of thiophene rings is 1. The van der Waals surface area contributed by atoms with Crippen LogP contribution in [0.4, 0.5) is 5.69 Å². The van der Waals surface area contributed by atoms with Gasteiger partial charge in [0.15, 0.2) is 0 Å². The van der Waals surface area contributed by atoms with Gasteiger partial charge in [-0.2, -0.15) is 4.72 Å². The Morgan fingerprint density at radius 3 is 2.41 bits per heavy atom. The Bertz CT molecular complexity index is 1120. The predicted octanol–water partition coefficient (Wildman–Crippen LogP) is 4.07. The van der Waals surface area contributed by atoms with E-state index in [1.165, 1.54) is 6.07 Å². The number of carbonyl (C=O) groups is 1. The average molecular weight is 475 g/mol. The number of hydrogen-bond donors (Lipinski definition) is 2. The fraction of sp³-hybridized carbons (Fsp3) is 0.261. The normalized spacial score (nSPS) is 12.2. The molecule has 3 rings (SSSR count). The Balaban J connectivity index is 1.89. The van der Waals surface area contributed by atoms with Crippen molar-refractivity contribution >= 4 is 33.0 Å². The maximum Gasteiger partial charge on any atom is 0.250 e. The van der Waals surface area contributed by atoms with Crippen LogP contribution in [0.5, 0.6) is 11.5 Å². The minimum Gasteiger partial charge on any atom is -0.494 e. The van der Waals surface area contributed by atoms with Crippen LogP contribution in [-0.4, -0.2) is 33.6 Å². The Kier molecular flexibility index (Phi) is 8.26. The zero-order chi connectivity index (χ0) is 23.0. The molecule has 3 aromatic rings. The lowest BCUT2D eigenvalue weighted by Gasteiger charge is -2.20. The fourth-order valence-electron chi connectivity index (χ4n) is 3.06. The van der Waals surface area contributed by atoms with Gasteiger partial charge in [0.25, 0.3) is 10.0 Å². The Hall–Kier alpha value is -2.88. The number of amides is 1. The zero-order valence-corrected chi connectivity index (χ0v) is 19.5. The van der Waals surface area contributed by atoms with Crippen molar-refractivity contribution in [2.45, 2.75) is 30.5 Å². The van der Waals surface area contributed by atoms with Gasteiger partial charge >= 0.3 is 0 Å². The Morgan fingerprint density at radius 2 is 1.75 bits per heavy atom. The van der Waals surface area contributed by atoms with Crippen molar-refractivity contribution in [2.75, 3.05) is 18.5 Å². The molecule has 1 aromatic heterocycles. The van der Waals surface area contributed by atoms with E-state index in [-0.39, 0.29) is 10.6 Å². The third-order valence-electron chi connectivity index (χ3n) is 4.48. The molecule has 0 spiro atoms. The van der Waals surface area contributed by atoms with E-state index in [4.69, 9.17) is 9.47 Å². The molecule has 0 saturated carbocycles. The van der Waals surface area contributed by atoms with Gasteiger partial charge in [0.2, 0.25) is 5.91 Å². The topological polar surface area (TPSA) is 93.7 Å². The first-order chi connectivity index (χ1) is 15.4. The average Bonchev–Trinajstić information content (AvgIpc) is 3.32. The number of benzene rings is 2. The van der Waals surface area contributed by atoms with Gasteiger partial charge in [-0.25, -0.2) is 8.42 Å². The van der Waals surface area contributed by atoms with E-state index in [0.717, 1.165) is 16.9 Å². The Morgan fingerprint density at radius 1 is 1.00 bits per heavy atom. The van der Waals surface area contributed by atoms with Gasteiger partial charge in [0, 0.05) is 6.07 Å². The van der Waals surface area contributed by atoms with Gasteiger partial charge in [0.1, 0.15) is 21.8 Å². The molecule has 32 heavy (non-hydrogen) atoms. The summed E-state index contributed by atoms with van der Waals surface area (Å²) < 4.78 is 39.5. The number of ether oxygens (including phenoxy) is 2. The van der Waals surface area contributed by atoms with E-state index in [0.29, 0.717) is 30.4 Å². The number of nitrogens with one attached hydrogen (secondary N) is 2. The highest BCUT2D eigenvalue weighted by Gasteiger charge is 2.27. The van der Waals surface area contributed by atoms with Crippen molar-refractivity contribution < 1.29 is 22.7 Å². The van der Waals surface area contributed by atoms with Crippen LogP contribution in [-0.2, 0) is 21.2 Å². The molecule has 2 aromatic carbocycles. The van der Waals surface area contributed by atoms with Crippen molar-refractivity contribution in [3.8, 4) is 11.5 Å². The van der Waals surface area contributed by atoms with Crippen molar-refractivity contribution in [1.82, 2.24) is 4.72 Å². The molecule has 0 unspecified atom stereocenters. The summed E-state index contributed by atoms with van der Waals surface area (Å²) >= 11 is 1.09. The number of rotatable bonds is 11. The molecule has 0 saturated heterocycles. The molecule has 9 heteroatoms. The Labute approximate surface area is 192 Å². The van der Waals surface area contributed by atoms with Crippen molar-refractivity contribution in [2.24, 2.45) is 0 Å². The van der Waals surface area contributed by atoms with Gasteiger partial charge in [-0.15, -0.1) is 11.3 Å². The van der Waals surface area contributed by atoms with Gasteiger partial charge in [0.05, 0.1) is 18.9 Å². The molecule has 7 nitrogen and oxygen atoms in total. The van der Waals surface area contributed by atoms with Crippen LogP contribution >= 0.6 is 11.3 Å². The number of sulfonamides is 1. The largest absolute Gasteiger partial charge is 0.494 e. The summed E-state index contributed by atoms with van der Waals surface area (Å²) in [5.74, 6) is 0.553. The highest BCUT2D eigenvalue weighted by atomic mass is 32.2. The molecule has 2 N–H and O–H groups in total. The van der Waals surface area contributed by atoms with Gasteiger partial charge < -0.3 is 14.8 Å². The molecular weight excluding hydrogens is 448 g/mol. The minimum absolute atomic E-state index is 0.150. The van der Waals surface area contributed by atoms with Crippen LogP contribution in [0.15, 0.2) is 70.3 Å². The molecule has 0 aliphatic rings. The summed E-state index contributed by atoms with van der Waals surface area (Å²) in [7, 11) is -3.86. The molecular formula is C23H26N2O5S2. The summed E-state index contributed by atoms with van der Waals surface area (Å²) in [6, 6.07) is 16.5. The van der Waals surface area contributed by atoms with Crippen LogP contribution in [0.25, 0.3) is 0 Å². The molecule has 0 aliphatic heterocycles. The van der Waals surface area contributed by atoms with Crippen LogP contribution in [0.1, 0.15) is 19.4 Å². The monoisotopic (exact) mass is 474 g/mol. The lowest BCUT2D eigenvalue weighted by Crippen LogP contribution is -2.45. The summed E-state index contributed by atoms with van der Waals surface area (Å²) in [5, 5.41) is 4.49. The van der Waals surface area contributed by atoms with Gasteiger partial charge in [-0.1, -0.05) is 36.4 Å². The first kappa shape index (κ1) is 23.8. The quantitative estimate of drug-likeness (QED) is 0.437. The van der Waals surface area contributed by atoms with E-state index in [1.54, 1.807) is 29.6 Å². The summed E-state index contributed by atoms with van der Waals surface area (Å²) in [6.45, 7) is 4.59. The third-order valence-corrected chi connectivity index (χ3v) is 7.35. The molecule has 0 fully saturated rings. The SMILES string of the molecule is CCOc1ccc(OCC)c(NC(=O)[C@@H](Cc2ccccc2)NS(=O)(=O)c2cccs2)c1. The van der Waals surface area contributed by atoms with E-state index < -0.39 is 22.0 Å². The lowest BCUT2D eigenvalue weighted by atomic mass is 10.1. The molecule has 1 atom stereocenters. The molecule has 0 radical (unpaired) electrons. The fourth-order valence-corrected chi connectivity index (χ4v) is 5.27. The first-order valence-electron chi connectivity index (χ1n) is 10.2. The second-order valence-electron chi connectivity index (χ2n) is 6.81. The smallest absolute Gasteiger partial charge is 0.250 e. The second-order valence-corrected chi connectivity index (χ2v) is 9.70. The van der Waals surface area contributed by atoms with Gasteiger partial charge in [-0.3, -0.25) is 4.79 Å². The molecule has 1 amide bonds.